The van der Waals surface area contributed by atoms with Crippen LogP contribution >= 0.6 is 27.5 Å². The van der Waals surface area contributed by atoms with Gasteiger partial charge in [0.25, 0.3) is 0 Å². The fourth-order valence-corrected chi connectivity index (χ4v) is 4.27. The van der Waals surface area contributed by atoms with Gasteiger partial charge in [0.05, 0.1) is 16.4 Å². The molecule has 37 heavy (non-hydrogen) atoms. The Hall–Kier alpha value is -4.02. The Bertz CT molecular complexity index is 1590. The monoisotopic (exact) mass is 582 g/mol. The predicted octanol–water partition coefficient (Wildman–Crippen LogP) is 7.35. The molecule has 5 rings (SSSR count). The van der Waals surface area contributed by atoms with Crippen LogP contribution in [0.4, 0.5) is 30.8 Å². The second-order valence-corrected chi connectivity index (χ2v) is 9.28. The van der Waals surface area contributed by atoms with Gasteiger partial charge in [-0.15, -0.1) is 0 Å². The van der Waals surface area contributed by atoms with Crippen LogP contribution in [0.2, 0.25) is 5.02 Å². The lowest BCUT2D eigenvalue weighted by Gasteiger charge is -2.12. The largest absolute Gasteiger partial charge is 0.366 e. The van der Waals surface area contributed by atoms with Gasteiger partial charge in [-0.1, -0.05) is 41.9 Å². The van der Waals surface area contributed by atoms with Gasteiger partial charge in [-0.3, -0.25) is 0 Å². The van der Waals surface area contributed by atoms with Crippen molar-refractivity contribution in [3.8, 4) is 11.3 Å². The Morgan fingerprint density at radius 3 is 2.38 bits per heavy atom. The lowest BCUT2D eigenvalue weighted by atomic mass is 10.1. The molecule has 0 bridgehead atoms. The number of urea groups is 1. The molecular formula is C26H18BrClF2N6O. The molecular weight excluding hydrogens is 566 g/mol. The quantitative estimate of drug-likeness (QED) is 0.195. The highest BCUT2D eigenvalue weighted by Gasteiger charge is 2.13. The van der Waals surface area contributed by atoms with Crippen LogP contribution in [-0.4, -0.2) is 20.6 Å². The standard InChI is InChI=1S/C26H18BrClF2N6O/c27-21-14-32-36-24(12-23(35-25(21)36)20-3-1-2-4-22(20)28)31-13-15-5-7-18(8-6-15)33-26(37)34-19-10-16(29)9-17(30)11-19/h1-12,14,31H,13H2,(H2,33,34,37). The summed E-state index contributed by atoms with van der Waals surface area (Å²) in [6, 6.07) is 18.7. The molecule has 0 aliphatic heterocycles. The number of benzene rings is 3. The molecule has 2 aromatic heterocycles. The molecule has 0 saturated carbocycles. The Morgan fingerprint density at radius 1 is 0.946 bits per heavy atom. The molecule has 0 saturated heterocycles. The molecule has 0 spiro atoms. The van der Waals surface area contributed by atoms with E-state index in [1.807, 2.05) is 42.5 Å². The first-order valence-electron chi connectivity index (χ1n) is 11.0. The molecule has 0 unspecified atom stereocenters. The maximum absolute atomic E-state index is 13.3. The van der Waals surface area contributed by atoms with Crippen LogP contribution in [0.25, 0.3) is 16.9 Å². The molecule has 3 aromatic carbocycles. The van der Waals surface area contributed by atoms with Crippen LogP contribution < -0.4 is 16.0 Å². The third-order valence-corrected chi connectivity index (χ3v) is 6.27. The number of amides is 2. The van der Waals surface area contributed by atoms with Gasteiger partial charge in [0.15, 0.2) is 5.65 Å². The lowest BCUT2D eigenvalue weighted by Crippen LogP contribution is -2.19. The number of aromatic nitrogens is 3. The summed E-state index contributed by atoms with van der Waals surface area (Å²) in [5.74, 6) is -0.838. The van der Waals surface area contributed by atoms with Gasteiger partial charge in [-0.05, 0) is 51.8 Å². The van der Waals surface area contributed by atoms with Crippen molar-refractivity contribution in [3.63, 3.8) is 0 Å². The van der Waals surface area contributed by atoms with E-state index < -0.39 is 17.7 Å². The number of hydrogen-bond donors (Lipinski definition) is 3. The van der Waals surface area contributed by atoms with E-state index in [0.717, 1.165) is 39.6 Å². The minimum atomic E-state index is -0.778. The van der Waals surface area contributed by atoms with E-state index in [1.54, 1.807) is 22.8 Å². The van der Waals surface area contributed by atoms with Crippen molar-refractivity contribution in [3.05, 3.63) is 106 Å². The van der Waals surface area contributed by atoms with Crippen molar-refractivity contribution in [2.45, 2.75) is 6.54 Å². The van der Waals surface area contributed by atoms with Gasteiger partial charge < -0.3 is 16.0 Å². The number of rotatable bonds is 6. The van der Waals surface area contributed by atoms with E-state index in [1.165, 1.54) is 0 Å². The van der Waals surface area contributed by atoms with E-state index in [-0.39, 0.29) is 5.69 Å². The molecule has 11 heteroatoms. The highest BCUT2D eigenvalue weighted by atomic mass is 79.9. The Balaban J connectivity index is 1.29. The minimum absolute atomic E-state index is 0.0147. The number of carbonyl (C=O) groups is 1. The molecule has 3 N–H and O–H groups in total. The lowest BCUT2D eigenvalue weighted by molar-refractivity contribution is 0.262. The van der Waals surface area contributed by atoms with Crippen LogP contribution in [0.15, 0.2) is 83.5 Å². The van der Waals surface area contributed by atoms with E-state index in [2.05, 4.69) is 37.0 Å². The van der Waals surface area contributed by atoms with Crippen molar-refractivity contribution < 1.29 is 13.6 Å². The summed E-state index contributed by atoms with van der Waals surface area (Å²) in [6.07, 6.45) is 1.67. The number of fused-ring (bicyclic) bond motifs is 1. The Morgan fingerprint density at radius 2 is 1.65 bits per heavy atom. The van der Waals surface area contributed by atoms with Crippen LogP contribution in [0.3, 0.4) is 0 Å². The molecule has 5 aromatic rings. The number of halogens is 4. The van der Waals surface area contributed by atoms with Gasteiger partial charge in [0.1, 0.15) is 17.5 Å². The average molecular weight is 584 g/mol. The molecule has 0 radical (unpaired) electrons. The third-order valence-electron chi connectivity index (χ3n) is 5.38. The summed E-state index contributed by atoms with van der Waals surface area (Å²) in [7, 11) is 0. The number of carbonyl (C=O) groups excluding carboxylic acids is 1. The number of nitrogens with zero attached hydrogens (tertiary/aromatic N) is 3. The summed E-state index contributed by atoms with van der Waals surface area (Å²) in [6.45, 7) is 0.466. The second-order valence-electron chi connectivity index (χ2n) is 8.02. The maximum Gasteiger partial charge on any atom is 0.323 e. The fourth-order valence-electron chi connectivity index (χ4n) is 3.69. The van der Waals surface area contributed by atoms with Gasteiger partial charge in [-0.25, -0.2) is 18.6 Å². The topological polar surface area (TPSA) is 83.3 Å². The molecule has 0 fully saturated rings. The summed E-state index contributed by atoms with van der Waals surface area (Å²) in [5, 5.41) is 13.4. The molecule has 7 nitrogen and oxygen atoms in total. The van der Waals surface area contributed by atoms with Gasteiger partial charge >= 0.3 is 6.03 Å². The van der Waals surface area contributed by atoms with Gasteiger partial charge in [0.2, 0.25) is 0 Å². The highest BCUT2D eigenvalue weighted by molar-refractivity contribution is 9.10. The van der Waals surface area contributed by atoms with E-state index >= 15 is 0 Å². The zero-order valence-electron chi connectivity index (χ0n) is 19.0. The first-order valence-corrected chi connectivity index (χ1v) is 12.2. The van der Waals surface area contributed by atoms with Crippen molar-refractivity contribution in [1.29, 1.82) is 0 Å². The third kappa shape index (κ3) is 5.71. The Labute approximate surface area is 223 Å². The summed E-state index contributed by atoms with van der Waals surface area (Å²) in [5.41, 5.74) is 3.61. The number of hydrogen-bond acceptors (Lipinski definition) is 4. The highest BCUT2D eigenvalue weighted by Crippen LogP contribution is 2.30. The number of anilines is 3. The van der Waals surface area contributed by atoms with Crippen LogP contribution in [0.1, 0.15) is 5.56 Å². The van der Waals surface area contributed by atoms with Gasteiger partial charge in [0, 0.05) is 40.6 Å². The summed E-state index contributed by atoms with van der Waals surface area (Å²) >= 11 is 9.89. The average Bonchev–Trinajstić information content (AvgIpc) is 3.23. The zero-order valence-corrected chi connectivity index (χ0v) is 21.3. The van der Waals surface area contributed by atoms with Crippen LogP contribution in [0.5, 0.6) is 0 Å². The SMILES string of the molecule is O=C(Nc1ccc(CNc2cc(-c3ccccc3Cl)nc3c(Br)cnn23)cc1)Nc1cc(F)cc(F)c1. The van der Waals surface area contributed by atoms with Crippen LogP contribution in [-0.2, 0) is 6.54 Å². The summed E-state index contributed by atoms with van der Waals surface area (Å²) < 4.78 is 29.1. The second kappa shape index (κ2) is 10.5. The number of nitrogens with one attached hydrogen (secondary N) is 3. The van der Waals surface area contributed by atoms with Crippen molar-refractivity contribution in [1.82, 2.24) is 14.6 Å². The molecule has 0 atom stereocenters. The Kier molecular flexibility index (Phi) is 7.02. The smallest absolute Gasteiger partial charge is 0.323 e. The molecule has 186 valence electrons. The summed E-state index contributed by atoms with van der Waals surface area (Å²) in [4.78, 5) is 16.9. The normalized spacial score (nSPS) is 10.9. The fraction of sp³-hybridized carbons (Fsp3) is 0.0385. The van der Waals surface area contributed by atoms with Crippen molar-refractivity contribution >= 4 is 56.4 Å². The van der Waals surface area contributed by atoms with E-state index in [4.69, 9.17) is 16.6 Å². The molecule has 2 amide bonds. The first kappa shape index (κ1) is 24.7. The molecule has 0 aliphatic rings. The van der Waals surface area contributed by atoms with Crippen molar-refractivity contribution in [2.75, 3.05) is 16.0 Å². The van der Waals surface area contributed by atoms with Gasteiger partial charge in [-0.2, -0.15) is 9.61 Å². The molecule has 0 aliphatic carbocycles. The van der Waals surface area contributed by atoms with Crippen molar-refractivity contribution in [2.24, 2.45) is 0 Å². The van der Waals surface area contributed by atoms with E-state index in [0.29, 0.717) is 28.6 Å². The zero-order chi connectivity index (χ0) is 25.9. The minimum Gasteiger partial charge on any atom is -0.366 e. The maximum atomic E-state index is 13.3. The first-order chi connectivity index (χ1) is 17.9. The van der Waals surface area contributed by atoms with E-state index in [9.17, 15) is 13.6 Å². The predicted molar refractivity (Wildman–Crippen MR) is 144 cm³/mol. The molecule has 2 heterocycles. The van der Waals surface area contributed by atoms with Crippen LogP contribution in [0, 0.1) is 11.6 Å².